The molecule has 3 N–H and O–H groups in total. The Morgan fingerprint density at radius 2 is 0.857 bits per heavy atom. The van der Waals surface area contributed by atoms with E-state index in [2.05, 4.69) is 0 Å². The molecule has 0 aromatic rings. The summed E-state index contributed by atoms with van der Waals surface area (Å²) in [5.41, 5.74) is 0. The predicted octanol–water partition coefficient (Wildman–Crippen LogP) is 0.284. The molecule has 0 aliphatic heterocycles. The number of halogens is 4. The maximum Gasteiger partial charge on any atom is 0.435 e. The van der Waals surface area contributed by atoms with E-state index in [4.69, 9.17) is 30.5 Å². The van der Waals surface area contributed by atoms with Crippen LogP contribution in [0.1, 0.15) is 0 Å². The average Bonchev–Trinajstić information content (AvgIpc) is 1.45. The zero-order chi connectivity index (χ0) is 12.6. The van der Waals surface area contributed by atoms with Crippen LogP contribution in [0.3, 0.4) is 0 Å². The second kappa shape index (κ2) is 7.86. The van der Waals surface area contributed by atoms with Gasteiger partial charge in [0.25, 0.3) is 0 Å². The third-order valence-electron chi connectivity index (χ3n) is 0. The summed E-state index contributed by atoms with van der Waals surface area (Å²) in [7, 11) is -9.83. The Morgan fingerprint density at radius 3 is 0.857 bits per heavy atom. The van der Waals surface area contributed by atoms with Crippen LogP contribution >= 0.6 is 0 Å². The van der Waals surface area contributed by atoms with E-state index in [1.807, 2.05) is 0 Å². The predicted molar refractivity (Wildman–Crippen MR) is 33.9 cm³/mol. The first-order chi connectivity index (χ1) is 5.73. The summed E-state index contributed by atoms with van der Waals surface area (Å²) < 4.78 is 94.7. The van der Waals surface area contributed by atoms with Crippen molar-refractivity contribution >= 4 is 20.9 Å². The van der Waals surface area contributed by atoms with Crippen LogP contribution in [0.4, 0.5) is 17.1 Å². The summed E-state index contributed by atoms with van der Waals surface area (Å²) in [6.07, 6.45) is 0. The highest BCUT2D eigenvalue weighted by Gasteiger charge is 1.89. The Morgan fingerprint density at radius 1 is 0.857 bits per heavy atom. The molecule has 0 spiro atoms. The lowest BCUT2D eigenvalue weighted by molar-refractivity contribution is 0.00818. The van der Waals surface area contributed by atoms with Gasteiger partial charge in [0, 0.05) is 0 Å². The van der Waals surface area contributed by atoms with Crippen LogP contribution in [0.15, 0.2) is 0 Å². The van der Waals surface area contributed by atoms with Gasteiger partial charge < -0.3 is 0 Å². The standard InChI is InChI=1S/CHF3.FHO3S.H2O4S/c2-1(3)4;2*1-5(2,3)4/h1H;(H,2,3,4);(H2,1,2,3,4). The van der Waals surface area contributed by atoms with Gasteiger partial charge in [-0.05, 0) is 0 Å². The highest BCUT2D eigenvalue weighted by Crippen LogP contribution is 1.87. The van der Waals surface area contributed by atoms with Crippen LogP contribution in [0, 0.1) is 0 Å². The van der Waals surface area contributed by atoms with Crippen molar-refractivity contribution in [2.75, 3.05) is 0 Å². The highest BCUT2D eigenvalue weighted by molar-refractivity contribution is 7.80. The summed E-state index contributed by atoms with van der Waals surface area (Å²) in [6.45, 7) is -3.67. The normalized spacial score (nSPS) is 10.9. The number of rotatable bonds is 0. The number of alkyl halides is 3. The van der Waals surface area contributed by atoms with Gasteiger partial charge in [0.1, 0.15) is 0 Å². The molecule has 0 radical (unpaired) electrons. The Labute approximate surface area is 76.0 Å². The second-order valence-corrected chi connectivity index (χ2v) is 2.83. The molecular weight excluding hydrogens is 264 g/mol. The van der Waals surface area contributed by atoms with Crippen molar-refractivity contribution in [1.29, 1.82) is 0 Å². The zero-order valence-corrected chi connectivity index (χ0v) is 7.51. The van der Waals surface area contributed by atoms with Gasteiger partial charge in [-0.15, -0.1) is 0 Å². The minimum atomic E-state index is -5.17. The van der Waals surface area contributed by atoms with E-state index in [1.165, 1.54) is 0 Å². The molecule has 0 rings (SSSR count). The molecule has 0 heterocycles. The van der Waals surface area contributed by atoms with Gasteiger partial charge in [-0.1, -0.05) is 3.89 Å². The Kier molecular flexibility index (Phi) is 10.7. The molecule has 0 fully saturated rings. The number of hydrogen-bond acceptors (Lipinski definition) is 4. The highest BCUT2D eigenvalue weighted by atomic mass is 32.3. The van der Waals surface area contributed by atoms with Crippen molar-refractivity contribution in [2.45, 2.75) is 6.68 Å². The van der Waals surface area contributed by atoms with Gasteiger partial charge in [0.2, 0.25) is 0 Å². The van der Waals surface area contributed by atoms with Crippen LogP contribution in [0.5, 0.6) is 0 Å². The second-order valence-electron chi connectivity index (χ2n) is 1.11. The van der Waals surface area contributed by atoms with E-state index in [0.29, 0.717) is 0 Å². The fourth-order valence-electron chi connectivity index (χ4n) is 0. The summed E-state index contributed by atoms with van der Waals surface area (Å²) in [5.74, 6) is 0. The smallest absolute Gasteiger partial charge is 0.264 e. The van der Waals surface area contributed by atoms with E-state index >= 15 is 0 Å². The number of hydrogen-bond donors (Lipinski definition) is 3. The van der Waals surface area contributed by atoms with Crippen LogP contribution in [-0.4, -0.2) is 37.2 Å². The van der Waals surface area contributed by atoms with Crippen molar-refractivity contribution in [3.05, 3.63) is 0 Å². The van der Waals surface area contributed by atoms with Gasteiger partial charge in [0.15, 0.2) is 0 Å². The molecule has 0 aliphatic rings. The lowest BCUT2D eigenvalue weighted by atomic mass is 11.6. The van der Waals surface area contributed by atoms with Crippen molar-refractivity contribution < 1.29 is 47.6 Å². The van der Waals surface area contributed by atoms with E-state index in [0.717, 1.165) is 0 Å². The van der Waals surface area contributed by atoms with Gasteiger partial charge in [-0.2, -0.15) is 30.0 Å². The fourth-order valence-corrected chi connectivity index (χ4v) is 0. The third-order valence-corrected chi connectivity index (χ3v) is 0. The molecule has 0 unspecified atom stereocenters. The molecule has 7 nitrogen and oxygen atoms in total. The SMILES string of the molecule is FC(F)F.O=S(=O)(O)F.O=S(=O)(O)O. The van der Waals surface area contributed by atoms with Crippen molar-refractivity contribution in [2.24, 2.45) is 0 Å². The molecule has 0 saturated carbocycles. The van der Waals surface area contributed by atoms with Gasteiger partial charge in [-0.25, -0.2) is 0 Å². The van der Waals surface area contributed by atoms with Crippen molar-refractivity contribution in [3.63, 3.8) is 0 Å². The van der Waals surface area contributed by atoms with Gasteiger partial charge >= 0.3 is 27.6 Å². The van der Waals surface area contributed by atoms with E-state index < -0.39 is 27.6 Å². The van der Waals surface area contributed by atoms with E-state index in [1.54, 1.807) is 0 Å². The van der Waals surface area contributed by atoms with E-state index in [-0.39, 0.29) is 0 Å². The molecule has 0 atom stereocenters. The van der Waals surface area contributed by atoms with Crippen LogP contribution in [-0.2, 0) is 20.9 Å². The summed E-state index contributed by atoms with van der Waals surface area (Å²) in [6, 6.07) is 0. The van der Waals surface area contributed by atoms with Crippen LogP contribution in [0.2, 0.25) is 0 Å². The first-order valence-corrected chi connectivity index (χ1v) is 4.76. The minimum Gasteiger partial charge on any atom is -0.264 e. The van der Waals surface area contributed by atoms with Crippen LogP contribution < -0.4 is 0 Å². The monoisotopic (exact) mass is 268 g/mol. The largest absolute Gasteiger partial charge is 0.435 e. The maximum absolute atomic E-state index is 10.2. The molecule has 0 amide bonds. The molecule has 0 bridgehead atoms. The van der Waals surface area contributed by atoms with Crippen molar-refractivity contribution in [1.82, 2.24) is 0 Å². The molecular formula is CH4F4O7S2. The molecule has 0 aromatic heterocycles. The first-order valence-electron chi connectivity index (χ1n) is 2.02. The summed E-state index contributed by atoms with van der Waals surface area (Å²) in [4.78, 5) is 0. The molecule has 13 heteroatoms. The molecule has 90 valence electrons. The lowest BCUT2D eigenvalue weighted by Crippen LogP contribution is -1.89. The molecule has 0 saturated heterocycles. The Balaban J connectivity index is -0.000000131. The Hall–Kier alpha value is -0.500. The molecule has 0 aliphatic carbocycles. The summed E-state index contributed by atoms with van der Waals surface area (Å²) in [5, 5.41) is 0. The minimum absolute atomic E-state index is 3.67. The first kappa shape index (κ1) is 19.1. The lowest BCUT2D eigenvalue weighted by Gasteiger charge is -1.68. The molecule has 14 heavy (non-hydrogen) atoms. The topological polar surface area (TPSA) is 129 Å². The maximum atomic E-state index is 10.2. The van der Waals surface area contributed by atoms with Gasteiger partial charge in [0.05, 0.1) is 0 Å². The van der Waals surface area contributed by atoms with Gasteiger partial charge in [-0.3, -0.25) is 13.7 Å². The van der Waals surface area contributed by atoms with E-state index in [9.17, 15) is 17.1 Å². The average molecular weight is 268 g/mol. The van der Waals surface area contributed by atoms with Crippen LogP contribution in [0.25, 0.3) is 0 Å². The Bertz CT molecular complexity index is 254. The van der Waals surface area contributed by atoms with Crippen molar-refractivity contribution in [3.8, 4) is 0 Å². The summed E-state index contributed by atoms with van der Waals surface area (Å²) >= 11 is 0. The fraction of sp³-hybridized carbons (Fsp3) is 1.00. The molecule has 0 aromatic carbocycles. The third kappa shape index (κ3) is 5070. The zero-order valence-electron chi connectivity index (χ0n) is 5.88. The quantitative estimate of drug-likeness (QED) is 0.327.